The second-order valence-electron chi connectivity index (χ2n) is 7.84. The van der Waals surface area contributed by atoms with Crippen molar-refractivity contribution in [1.29, 1.82) is 0 Å². The molecule has 26 heavy (non-hydrogen) atoms. The predicted molar refractivity (Wildman–Crippen MR) is 98.3 cm³/mol. The molecule has 3 rings (SSSR count). The smallest absolute Gasteiger partial charge is 0.414 e. The largest absolute Gasteiger partial charge is 0.444 e. The summed E-state index contributed by atoms with van der Waals surface area (Å²) in [7, 11) is 0. The van der Waals surface area contributed by atoms with Crippen LogP contribution in [0.1, 0.15) is 27.2 Å². The molecule has 2 atom stereocenters. The van der Waals surface area contributed by atoms with Gasteiger partial charge in [0, 0.05) is 31.4 Å². The fourth-order valence-electron chi connectivity index (χ4n) is 3.31. The van der Waals surface area contributed by atoms with Crippen molar-refractivity contribution in [3.63, 3.8) is 0 Å². The Morgan fingerprint density at radius 3 is 2.69 bits per heavy atom. The van der Waals surface area contributed by atoms with E-state index in [-0.39, 0.29) is 24.3 Å². The number of hydrogen-bond donors (Lipinski definition) is 1. The molecule has 0 radical (unpaired) electrons. The summed E-state index contributed by atoms with van der Waals surface area (Å²) in [5.41, 5.74) is 0.354. The normalized spacial score (nSPS) is 23.8. The summed E-state index contributed by atoms with van der Waals surface area (Å²) in [6.45, 7) is 8.35. The quantitative estimate of drug-likeness (QED) is 0.893. The van der Waals surface area contributed by atoms with Gasteiger partial charge in [-0.25, -0.2) is 9.59 Å². The maximum absolute atomic E-state index is 12.1. The van der Waals surface area contributed by atoms with Crippen molar-refractivity contribution < 1.29 is 19.1 Å². The summed E-state index contributed by atoms with van der Waals surface area (Å²) in [6.07, 6.45) is 0.0150. The van der Waals surface area contributed by atoms with Crippen LogP contribution in [0.2, 0.25) is 0 Å². The minimum Gasteiger partial charge on any atom is -0.444 e. The van der Waals surface area contributed by atoms with Crippen LogP contribution < -0.4 is 10.2 Å². The molecule has 2 fully saturated rings. The number of benzene rings is 1. The molecule has 1 N–H and O–H groups in total. The molecule has 1 aromatic carbocycles. The standard InChI is InChI=1S/C19H27N3O4/c1-19(2,3)26-17(23)20-14-9-10-21(11-14)12-16-13-22(18(24)25-16)15-7-5-4-6-8-15/h4-8,14,16H,9-13H2,1-3H3,(H,20,23)/t14-,16+/m0/s1. The SMILES string of the molecule is CC(C)(C)OC(=O)N[C@H]1CCN(C[C@@H]2CN(c3ccccc3)C(=O)O2)C1. The fourth-order valence-corrected chi connectivity index (χ4v) is 3.31. The molecule has 2 amide bonds. The minimum atomic E-state index is -0.499. The third kappa shape index (κ3) is 4.88. The monoisotopic (exact) mass is 361 g/mol. The van der Waals surface area contributed by atoms with Crippen LogP contribution in [0.3, 0.4) is 0 Å². The fraction of sp³-hybridized carbons (Fsp3) is 0.579. The number of likely N-dealkylation sites (tertiary alicyclic amines) is 1. The van der Waals surface area contributed by atoms with E-state index in [0.717, 1.165) is 25.2 Å². The number of cyclic esters (lactones) is 1. The molecule has 0 saturated carbocycles. The maximum atomic E-state index is 12.1. The van der Waals surface area contributed by atoms with Crippen molar-refractivity contribution >= 4 is 17.9 Å². The van der Waals surface area contributed by atoms with E-state index in [0.29, 0.717) is 13.1 Å². The topological polar surface area (TPSA) is 71.1 Å². The zero-order valence-electron chi connectivity index (χ0n) is 15.6. The van der Waals surface area contributed by atoms with E-state index in [4.69, 9.17) is 9.47 Å². The highest BCUT2D eigenvalue weighted by Crippen LogP contribution is 2.22. The number of para-hydroxylation sites is 1. The van der Waals surface area contributed by atoms with E-state index >= 15 is 0 Å². The first kappa shape index (κ1) is 18.5. The van der Waals surface area contributed by atoms with E-state index in [1.54, 1.807) is 4.90 Å². The van der Waals surface area contributed by atoms with Crippen molar-refractivity contribution in [3.05, 3.63) is 30.3 Å². The van der Waals surface area contributed by atoms with E-state index in [1.165, 1.54) is 0 Å². The van der Waals surface area contributed by atoms with E-state index in [9.17, 15) is 9.59 Å². The zero-order chi connectivity index (χ0) is 18.7. The van der Waals surface area contributed by atoms with E-state index < -0.39 is 5.60 Å². The molecule has 2 aliphatic rings. The van der Waals surface area contributed by atoms with Gasteiger partial charge in [0.2, 0.25) is 0 Å². The van der Waals surface area contributed by atoms with Crippen molar-refractivity contribution in [1.82, 2.24) is 10.2 Å². The van der Waals surface area contributed by atoms with Gasteiger partial charge >= 0.3 is 12.2 Å². The molecule has 142 valence electrons. The van der Waals surface area contributed by atoms with Gasteiger partial charge in [0.1, 0.15) is 11.7 Å². The minimum absolute atomic E-state index is 0.0622. The molecule has 0 bridgehead atoms. The number of nitrogens with one attached hydrogen (secondary N) is 1. The van der Waals surface area contributed by atoms with Gasteiger partial charge in [-0.2, -0.15) is 0 Å². The number of alkyl carbamates (subject to hydrolysis) is 1. The van der Waals surface area contributed by atoms with Crippen molar-refractivity contribution in [2.24, 2.45) is 0 Å². The highest BCUT2D eigenvalue weighted by molar-refractivity contribution is 5.89. The van der Waals surface area contributed by atoms with Crippen molar-refractivity contribution in [3.8, 4) is 0 Å². The van der Waals surface area contributed by atoms with Gasteiger partial charge in [-0.15, -0.1) is 0 Å². The number of amides is 2. The number of carbonyl (C=O) groups is 2. The second-order valence-corrected chi connectivity index (χ2v) is 7.84. The van der Waals surface area contributed by atoms with Gasteiger partial charge in [0.05, 0.1) is 6.54 Å². The summed E-state index contributed by atoms with van der Waals surface area (Å²) >= 11 is 0. The summed E-state index contributed by atoms with van der Waals surface area (Å²) in [5, 5.41) is 2.91. The van der Waals surface area contributed by atoms with Crippen LogP contribution >= 0.6 is 0 Å². The Kier molecular flexibility index (Phi) is 5.36. The van der Waals surface area contributed by atoms with E-state index in [1.807, 2.05) is 51.1 Å². The summed E-state index contributed by atoms with van der Waals surface area (Å²) in [4.78, 5) is 27.9. The lowest BCUT2D eigenvalue weighted by Gasteiger charge is -2.22. The van der Waals surface area contributed by atoms with Crippen LogP contribution in [-0.4, -0.2) is 61.0 Å². The van der Waals surface area contributed by atoms with Crippen LogP contribution in [0.5, 0.6) is 0 Å². The molecular formula is C19H27N3O4. The van der Waals surface area contributed by atoms with Crippen LogP contribution in [-0.2, 0) is 9.47 Å². The maximum Gasteiger partial charge on any atom is 0.414 e. The average Bonchev–Trinajstić information content (AvgIpc) is 3.13. The Hall–Kier alpha value is -2.28. The Balaban J connectivity index is 1.46. The highest BCUT2D eigenvalue weighted by Gasteiger charge is 2.35. The summed E-state index contributed by atoms with van der Waals surface area (Å²) in [6, 6.07) is 9.60. The molecular weight excluding hydrogens is 334 g/mol. The van der Waals surface area contributed by atoms with Gasteiger partial charge < -0.3 is 14.8 Å². The Labute approximate surface area is 154 Å². The number of nitrogens with zero attached hydrogens (tertiary/aromatic N) is 2. The van der Waals surface area contributed by atoms with E-state index in [2.05, 4.69) is 10.2 Å². The Morgan fingerprint density at radius 2 is 2.00 bits per heavy atom. The van der Waals surface area contributed by atoms with Crippen molar-refractivity contribution in [2.45, 2.75) is 44.9 Å². The third-order valence-electron chi connectivity index (χ3n) is 4.40. The predicted octanol–water partition coefficient (Wildman–Crippen LogP) is 2.61. The molecule has 2 aliphatic heterocycles. The zero-order valence-corrected chi connectivity index (χ0v) is 15.6. The molecule has 0 unspecified atom stereocenters. The van der Waals surface area contributed by atoms with Gasteiger partial charge in [-0.3, -0.25) is 9.80 Å². The molecule has 7 heteroatoms. The molecule has 0 aromatic heterocycles. The number of ether oxygens (including phenoxy) is 2. The number of anilines is 1. The van der Waals surface area contributed by atoms with Crippen LogP contribution in [0.15, 0.2) is 30.3 Å². The highest BCUT2D eigenvalue weighted by atomic mass is 16.6. The average molecular weight is 361 g/mol. The van der Waals surface area contributed by atoms with Crippen LogP contribution in [0.4, 0.5) is 15.3 Å². The van der Waals surface area contributed by atoms with Crippen LogP contribution in [0.25, 0.3) is 0 Å². The number of hydrogen-bond acceptors (Lipinski definition) is 5. The first-order chi connectivity index (χ1) is 12.3. The van der Waals surface area contributed by atoms with Gasteiger partial charge in [-0.1, -0.05) is 18.2 Å². The van der Waals surface area contributed by atoms with Gasteiger partial charge in [0.25, 0.3) is 0 Å². The summed E-state index contributed by atoms with van der Waals surface area (Å²) in [5.74, 6) is 0. The number of rotatable bonds is 4. The molecule has 7 nitrogen and oxygen atoms in total. The number of carbonyl (C=O) groups excluding carboxylic acids is 2. The molecule has 2 heterocycles. The second kappa shape index (κ2) is 7.53. The van der Waals surface area contributed by atoms with Gasteiger partial charge in [-0.05, 0) is 39.3 Å². The molecule has 1 aromatic rings. The molecule has 0 aliphatic carbocycles. The van der Waals surface area contributed by atoms with Crippen molar-refractivity contribution in [2.75, 3.05) is 31.1 Å². The molecule has 0 spiro atoms. The summed E-state index contributed by atoms with van der Waals surface area (Å²) < 4.78 is 10.8. The first-order valence-electron chi connectivity index (χ1n) is 9.05. The lowest BCUT2D eigenvalue weighted by molar-refractivity contribution is 0.0505. The lowest BCUT2D eigenvalue weighted by atomic mass is 10.2. The van der Waals surface area contributed by atoms with Gasteiger partial charge in [0.15, 0.2) is 0 Å². The Morgan fingerprint density at radius 1 is 1.27 bits per heavy atom. The first-order valence-corrected chi connectivity index (χ1v) is 9.05. The molecule has 2 saturated heterocycles. The lowest BCUT2D eigenvalue weighted by Crippen LogP contribution is -2.41. The Bertz CT molecular complexity index is 644. The third-order valence-corrected chi connectivity index (χ3v) is 4.40. The van der Waals surface area contributed by atoms with Crippen LogP contribution in [0, 0.1) is 0 Å².